The maximum absolute atomic E-state index is 12.4. The predicted octanol–water partition coefficient (Wildman–Crippen LogP) is 6.73. The average Bonchev–Trinajstić information content (AvgIpc) is 2.54. The zero-order valence-electron chi connectivity index (χ0n) is 14.2. The molecule has 0 amide bonds. The van der Waals surface area contributed by atoms with E-state index in [0.717, 1.165) is 24.8 Å². The molecule has 1 aromatic carbocycles. The Morgan fingerprint density at radius 3 is 2.14 bits per heavy atom. The van der Waals surface area contributed by atoms with E-state index in [1.165, 1.54) is 50.5 Å². The fourth-order valence-corrected chi connectivity index (χ4v) is 3.24. The molecule has 1 rings (SSSR count). The molecule has 0 bridgehead atoms. The van der Waals surface area contributed by atoms with Crippen LogP contribution >= 0.6 is 15.9 Å². The second-order valence-electron chi connectivity index (χ2n) is 6.19. The Kier molecular flexibility index (Phi) is 10.5. The van der Waals surface area contributed by atoms with Gasteiger partial charge in [-0.05, 0) is 24.8 Å². The molecule has 0 N–H and O–H groups in total. The molecule has 1 atom stereocenters. The van der Waals surface area contributed by atoms with Gasteiger partial charge < -0.3 is 0 Å². The summed E-state index contributed by atoms with van der Waals surface area (Å²) in [4.78, 5) is 12.4. The van der Waals surface area contributed by atoms with Crippen molar-refractivity contribution in [1.82, 2.24) is 0 Å². The average molecular weight is 367 g/mol. The summed E-state index contributed by atoms with van der Waals surface area (Å²) in [5.41, 5.74) is 2.19. The van der Waals surface area contributed by atoms with Gasteiger partial charge in [-0.3, -0.25) is 4.79 Å². The first-order valence-corrected chi connectivity index (χ1v) is 9.87. The van der Waals surface area contributed by atoms with Crippen LogP contribution in [0.5, 0.6) is 0 Å². The molecule has 0 radical (unpaired) electrons. The molecule has 2 heteroatoms. The van der Waals surface area contributed by atoms with Crippen LogP contribution in [0, 0.1) is 0 Å². The van der Waals surface area contributed by atoms with Gasteiger partial charge in [-0.25, -0.2) is 0 Å². The first kappa shape index (κ1) is 19.4. The van der Waals surface area contributed by atoms with Crippen molar-refractivity contribution >= 4 is 21.7 Å². The molecule has 1 nitrogen and oxygen atoms in total. The molecule has 0 fully saturated rings. The van der Waals surface area contributed by atoms with Gasteiger partial charge in [-0.15, -0.1) is 0 Å². The van der Waals surface area contributed by atoms with Gasteiger partial charge in [0.2, 0.25) is 0 Å². The molecule has 0 aromatic heterocycles. The number of unbranched alkanes of at least 4 members (excludes halogenated alkanes) is 6. The van der Waals surface area contributed by atoms with Crippen LogP contribution in [0.25, 0.3) is 0 Å². The number of hydrogen-bond acceptors (Lipinski definition) is 1. The molecule has 0 aliphatic carbocycles. The van der Waals surface area contributed by atoms with Gasteiger partial charge in [0.15, 0.2) is 5.78 Å². The minimum Gasteiger partial charge on any atom is -0.293 e. The Balaban J connectivity index is 2.37. The fraction of sp³-hybridized carbons (Fsp3) is 0.650. The monoisotopic (exact) mass is 366 g/mol. The topological polar surface area (TPSA) is 17.1 Å². The Hall–Kier alpha value is -0.630. The Morgan fingerprint density at radius 2 is 1.50 bits per heavy atom. The van der Waals surface area contributed by atoms with Crippen molar-refractivity contribution in [3.05, 3.63) is 35.4 Å². The number of hydrogen-bond donors (Lipinski definition) is 0. The third-order valence-corrected chi connectivity index (χ3v) is 5.03. The number of rotatable bonds is 12. The van der Waals surface area contributed by atoms with E-state index in [9.17, 15) is 4.79 Å². The van der Waals surface area contributed by atoms with Gasteiger partial charge >= 0.3 is 0 Å². The van der Waals surface area contributed by atoms with E-state index < -0.39 is 0 Å². The molecular formula is C20H31BrO. The van der Waals surface area contributed by atoms with E-state index >= 15 is 0 Å². The lowest BCUT2D eigenvalue weighted by molar-refractivity contribution is 0.0988. The molecule has 1 unspecified atom stereocenters. The Bertz CT molecular complexity index is 410. The summed E-state index contributed by atoms with van der Waals surface area (Å²) in [5.74, 6) is 0.232. The largest absolute Gasteiger partial charge is 0.293 e. The van der Waals surface area contributed by atoms with Gasteiger partial charge in [-0.1, -0.05) is 99.0 Å². The summed E-state index contributed by atoms with van der Waals surface area (Å²) < 4.78 is 0. The zero-order chi connectivity index (χ0) is 16.2. The molecule has 0 saturated heterocycles. The molecule has 0 saturated carbocycles. The van der Waals surface area contributed by atoms with Crippen molar-refractivity contribution in [3.8, 4) is 0 Å². The zero-order valence-corrected chi connectivity index (χ0v) is 15.8. The van der Waals surface area contributed by atoms with Gasteiger partial charge in [0, 0.05) is 5.56 Å². The number of Topliss-reactive ketones (excluding diaryl/α,β-unsaturated/α-hetero) is 1. The van der Waals surface area contributed by atoms with Crippen molar-refractivity contribution in [2.45, 2.75) is 82.9 Å². The quantitative estimate of drug-likeness (QED) is 0.227. The highest BCUT2D eigenvalue weighted by molar-refractivity contribution is 9.10. The van der Waals surface area contributed by atoms with E-state index in [1.54, 1.807) is 0 Å². The van der Waals surface area contributed by atoms with Crippen LogP contribution in [0.4, 0.5) is 0 Å². The molecule has 22 heavy (non-hydrogen) atoms. The first-order chi connectivity index (χ1) is 10.7. The summed E-state index contributed by atoms with van der Waals surface area (Å²) in [6.45, 7) is 4.45. The first-order valence-electron chi connectivity index (χ1n) is 8.96. The molecule has 1 aromatic rings. The van der Waals surface area contributed by atoms with Gasteiger partial charge in [0.1, 0.15) is 0 Å². The lowest BCUT2D eigenvalue weighted by atomic mass is 10.0. The standard InChI is InChI=1S/C20H31BrO/c1-3-5-7-8-10-12-19(21)20(22)18-15-13-17(14-16-18)11-9-6-4-2/h13-16,19H,3-12H2,1-2H3. The van der Waals surface area contributed by atoms with E-state index in [0.29, 0.717) is 0 Å². The van der Waals surface area contributed by atoms with Crippen molar-refractivity contribution in [3.63, 3.8) is 0 Å². The third kappa shape index (κ3) is 7.58. The molecular weight excluding hydrogens is 336 g/mol. The highest BCUT2D eigenvalue weighted by Crippen LogP contribution is 2.18. The van der Waals surface area contributed by atoms with Crippen molar-refractivity contribution < 1.29 is 4.79 Å². The summed E-state index contributed by atoms with van der Waals surface area (Å²) in [6, 6.07) is 8.22. The van der Waals surface area contributed by atoms with Gasteiger partial charge in [0.05, 0.1) is 4.83 Å². The van der Waals surface area contributed by atoms with Crippen molar-refractivity contribution in [2.24, 2.45) is 0 Å². The van der Waals surface area contributed by atoms with Crippen LogP contribution in [0.15, 0.2) is 24.3 Å². The van der Waals surface area contributed by atoms with Crippen LogP contribution in [0.3, 0.4) is 0 Å². The van der Waals surface area contributed by atoms with E-state index in [2.05, 4.69) is 41.9 Å². The molecule has 0 spiro atoms. The minimum absolute atomic E-state index is 0.0277. The minimum atomic E-state index is -0.0277. The Labute approximate surface area is 145 Å². The Morgan fingerprint density at radius 1 is 0.909 bits per heavy atom. The lowest BCUT2D eigenvalue weighted by Gasteiger charge is -2.09. The maximum atomic E-state index is 12.4. The molecule has 0 heterocycles. The smallest absolute Gasteiger partial charge is 0.176 e. The van der Waals surface area contributed by atoms with Crippen molar-refractivity contribution in [2.75, 3.05) is 0 Å². The number of ketones is 1. The second kappa shape index (κ2) is 11.9. The highest BCUT2D eigenvalue weighted by Gasteiger charge is 2.16. The van der Waals surface area contributed by atoms with Gasteiger partial charge in [0.25, 0.3) is 0 Å². The van der Waals surface area contributed by atoms with Crippen LogP contribution in [-0.4, -0.2) is 10.6 Å². The van der Waals surface area contributed by atoms with Crippen LogP contribution < -0.4 is 0 Å². The van der Waals surface area contributed by atoms with Gasteiger partial charge in [-0.2, -0.15) is 0 Å². The third-order valence-electron chi connectivity index (χ3n) is 4.15. The van der Waals surface area contributed by atoms with Crippen LogP contribution in [0.1, 0.15) is 87.6 Å². The normalized spacial score (nSPS) is 12.3. The SMILES string of the molecule is CCCCCCCC(Br)C(=O)c1ccc(CCCCC)cc1. The summed E-state index contributed by atoms with van der Waals surface area (Å²) in [7, 11) is 0. The number of halogens is 1. The van der Waals surface area contributed by atoms with Crippen molar-refractivity contribution in [1.29, 1.82) is 0 Å². The molecule has 124 valence electrons. The summed E-state index contributed by atoms with van der Waals surface area (Å²) in [5, 5.41) is 0. The predicted molar refractivity (Wildman–Crippen MR) is 100 cm³/mol. The van der Waals surface area contributed by atoms with E-state index in [1.807, 2.05) is 12.1 Å². The number of aryl methyl sites for hydroxylation is 1. The summed E-state index contributed by atoms with van der Waals surface area (Å²) >= 11 is 3.57. The second-order valence-corrected chi connectivity index (χ2v) is 7.29. The number of alkyl halides is 1. The molecule has 0 aliphatic heterocycles. The van der Waals surface area contributed by atoms with E-state index in [4.69, 9.17) is 0 Å². The van der Waals surface area contributed by atoms with Crippen LogP contribution in [0.2, 0.25) is 0 Å². The van der Waals surface area contributed by atoms with E-state index in [-0.39, 0.29) is 10.6 Å². The molecule has 0 aliphatic rings. The lowest BCUT2D eigenvalue weighted by Crippen LogP contribution is -2.14. The number of carbonyl (C=O) groups excluding carboxylic acids is 1. The van der Waals surface area contributed by atoms with Crippen LogP contribution in [-0.2, 0) is 6.42 Å². The fourth-order valence-electron chi connectivity index (χ4n) is 2.65. The number of benzene rings is 1. The number of carbonyl (C=O) groups is 1. The summed E-state index contributed by atoms with van der Waals surface area (Å²) in [6.07, 6.45) is 12.1. The highest BCUT2D eigenvalue weighted by atomic mass is 79.9. The maximum Gasteiger partial charge on any atom is 0.176 e.